The Balaban J connectivity index is 1.73. The van der Waals surface area contributed by atoms with Crippen LogP contribution in [0, 0.1) is 5.95 Å². The van der Waals surface area contributed by atoms with Crippen molar-refractivity contribution in [2.24, 2.45) is 0 Å². The van der Waals surface area contributed by atoms with E-state index in [9.17, 15) is 17.4 Å². The number of methoxy groups -OCH3 is 1. The molecule has 35 heavy (non-hydrogen) atoms. The van der Waals surface area contributed by atoms with Crippen molar-refractivity contribution in [3.63, 3.8) is 0 Å². The highest BCUT2D eigenvalue weighted by Gasteiger charge is 2.24. The molecule has 13 heteroatoms. The molecule has 186 valence electrons. The van der Waals surface area contributed by atoms with Crippen LogP contribution in [-0.2, 0) is 17.4 Å². The Labute approximate surface area is 206 Å². The highest BCUT2D eigenvalue weighted by molar-refractivity contribution is 7.86. The zero-order valence-electron chi connectivity index (χ0n) is 19.0. The lowest BCUT2D eigenvalue weighted by atomic mass is 9.98. The van der Waals surface area contributed by atoms with Gasteiger partial charge in [-0.25, -0.2) is 22.7 Å². The van der Waals surface area contributed by atoms with Gasteiger partial charge in [0.1, 0.15) is 5.69 Å². The normalized spacial score (nSPS) is 13.4. The largest absolute Gasteiger partial charge is 0.481 e. The molecule has 2 atom stereocenters. The maximum Gasteiger partial charge on any atom is 0.242 e. The predicted octanol–water partition coefficient (Wildman–Crippen LogP) is 5.40. The molecule has 0 fully saturated rings. The second-order valence-corrected chi connectivity index (χ2v) is 9.34. The number of nitrogens with zero attached hydrogens (tertiary/aromatic N) is 4. The summed E-state index contributed by atoms with van der Waals surface area (Å²) in [5.74, 6) is -0.842. The van der Waals surface area contributed by atoms with Crippen molar-refractivity contribution in [2.75, 3.05) is 11.8 Å². The number of ether oxygens (including phenoxy) is 1. The molecule has 0 aliphatic carbocycles. The topological polar surface area (TPSA) is 97.7 Å². The fraction of sp³-hybridized carbons (Fsp3) is 0.318. The van der Waals surface area contributed by atoms with Gasteiger partial charge in [-0.1, -0.05) is 25.4 Å². The van der Waals surface area contributed by atoms with Gasteiger partial charge < -0.3 is 9.72 Å². The summed E-state index contributed by atoms with van der Waals surface area (Å²) >= 11 is 6.33. The Morgan fingerprint density at radius 2 is 2.06 bits per heavy atom. The number of alkyl halides is 2. The second kappa shape index (κ2) is 10.2. The van der Waals surface area contributed by atoms with Crippen LogP contribution in [0.15, 0.2) is 35.5 Å². The summed E-state index contributed by atoms with van der Waals surface area (Å²) in [4.78, 5) is 11.9. The molecule has 2 N–H and O–H groups in total. The lowest BCUT2D eigenvalue weighted by Gasteiger charge is -2.18. The summed E-state index contributed by atoms with van der Waals surface area (Å²) in [6.07, 6.45) is 0.443. The van der Waals surface area contributed by atoms with Crippen molar-refractivity contribution >= 4 is 39.4 Å². The van der Waals surface area contributed by atoms with Gasteiger partial charge in [-0.15, -0.1) is 5.10 Å². The van der Waals surface area contributed by atoms with Crippen LogP contribution in [0.25, 0.3) is 16.6 Å². The third kappa shape index (κ3) is 4.98. The molecular formula is C22H22ClF3N6O2S. The van der Waals surface area contributed by atoms with Crippen molar-refractivity contribution < 1.29 is 22.1 Å². The van der Waals surface area contributed by atoms with E-state index in [-0.39, 0.29) is 23.3 Å². The number of fused-ring (bicyclic) bond motifs is 1. The summed E-state index contributed by atoms with van der Waals surface area (Å²) in [6.45, 7) is 3.78. The van der Waals surface area contributed by atoms with Crippen molar-refractivity contribution in [3.8, 4) is 11.6 Å². The Hall–Kier alpha value is -3.12. The first kappa shape index (κ1) is 25.0. The van der Waals surface area contributed by atoms with Crippen LogP contribution in [0.4, 0.5) is 19.1 Å². The number of anilines is 1. The number of rotatable bonds is 9. The third-order valence-corrected chi connectivity index (χ3v) is 6.95. The van der Waals surface area contributed by atoms with Gasteiger partial charge >= 0.3 is 0 Å². The maximum absolute atomic E-state index is 13.5. The molecule has 4 aromatic rings. The van der Waals surface area contributed by atoms with Crippen molar-refractivity contribution in [2.45, 2.75) is 43.9 Å². The SMILES string of the molecule is CCC(C)c1nc(NS(=O)c2c[nH]c3c(-n4ccc(F)n4)c(Cl)ccc23)nc(OC)c1CC(F)F. The van der Waals surface area contributed by atoms with Crippen LogP contribution in [0.1, 0.15) is 37.4 Å². The smallest absolute Gasteiger partial charge is 0.242 e. The van der Waals surface area contributed by atoms with Crippen molar-refractivity contribution in [1.82, 2.24) is 24.7 Å². The van der Waals surface area contributed by atoms with Gasteiger partial charge in [0.2, 0.25) is 24.2 Å². The van der Waals surface area contributed by atoms with E-state index in [0.29, 0.717) is 38.6 Å². The molecule has 1 aromatic carbocycles. The third-order valence-electron chi connectivity index (χ3n) is 5.54. The zero-order valence-corrected chi connectivity index (χ0v) is 20.6. The number of nitrogens with one attached hydrogen (secondary N) is 2. The fourth-order valence-electron chi connectivity index (χ4n) is 3.72. The van der Waals surface area contributed by atoms with Gasteiger partial charge in [-0.2, -0.15) is 9.37 Å². The standard InChI is InChI=1S/C22H22ClF3N6O2S/c1-4-11(2)18-13(9-16(24)25)21(34-3)29-22(28-18)31-35(33)15-10-27-19-12(15)5-6-14(23)20(19)32-8-7-17(26)30-32/h5-8,10-11,16,27H,4,9H2,1-3H3,(H,28,29,31). The first-order chi connectivity index (χ1) is 16.7. The quantitative estimate of drug-likeness (QED) is 0.304. The molecule has 0 saturated carbocycles. The van der Waals surface area contributed by atoms with Crippen LogP contribution in [0.3, 0.4) is 0 Å². The van der Waals surface area contributed by atoms with E-state index < -0.39 is 29.8 Å². The molecule has 8 nitrogen and oxygen atoms in total. The highest BCUT2D eigenvalue weighted by atomic mass is 35.5. The molecule has 2 unspecified atom stereocenters. The number of aromatic amines is 1. The Bertz CT molecular complexity index is 1390. The van der Waals surface area contributed by atoms with Crippen LogP contribution in [0.5, 0.6) is 5.88 Å². The van der Waals surface area contributed by atoms with E-state index in [4.69, 9.17) is 16.3 Å². The predicted molar refractivity (Wildman–Crippen MR) is 127 cm³/mol. The fourth-order valence-corrected chi connectivity index (χ4v) is 4.86. The minimum Gasteiger partial charge on any atom is -0.481 e. The average molecular weight is 527 g/mol. The molecule has 0 radical (unpaired) electrons. The summed E-state index contributed by atoms with van der Waals surface area (Å²) in [7, 11) is -0.517. The van der Waals surface area contributed by atoms with Gasteiger partial charge in [-0.05, 0) is 24.5 Å². The maximum atomic E-state index is 13.5. The first-order valence-electron chi connectivity index (χ1n) is 10.7. The number of benzene rings is 1. The second-order valence-electron chi connectivity index (χ2n) is 7.75. The first-order valence-corrected chi connectivity index (χ1v) is 12.2. The molecule has 0 spiro atoms. The van der Waals surface area contributed by atoms with Crippen LogP contribution in [0.2, 0.25) is 5.02 Å². The highest BCUT2D eigenvalue weighted by Crippen LogP contribution is 2.33. The van der Waals surface area contributed by atoms with E-state index in [2.05, 4.69) is 24.8 Å². The number of hydrogen-bond donors (Lipinski definition) is 2. The lowest BCUT2D eigenvalue weighted by Crippen LogP contribution is -2.15. The Morgan fingerprint density at radius 3 is 2.69 bits per heavy atom. The molecule has 0 amide bonds. The minimum atomic E-state index is -2.60. The Kier molecular flexibility index (Phi) is 7.31. The van der Waals surface area contributed by atoms with Gasteiger partial charge in [0.25, 0.3) is 0 Å². The van der Waals surface area contributed by atoms with Crippen LogP contribution < -0.4 is 9.46 Å². The monoisotopic (exact) mass is 526 g/mol. The number of hydrogen-bond acceptors (Lipinski definition) is 5. The number of aromatic nitrogens is 5. The molecule has 3 heterocycles. The van der Waals surface area contributed by atoms with Gasteiger partial charge in [0, 0.05) is 35.8 Å². The summed E-state index contributed by atoms with van der Waals surface area (Å²) in [5, 5.41) is 4.63. The zero-order chi connectivity index (χ0) is 25.3. The minimum absolute atomic E-state index is 0.00352. The summed E-state index contributed by atoms with van der Waals surface area (Å²) in [5.41, 5.74) is 1.53. The molecule has 0 saturated heterocycles. The Morgan fingerprint density at radius 1 is 1.29 bits per heavy atom. The van der Waals surface area contributed by atoms with Crippen molar-refractivity contribution in [3.05, 3.63) is 52.8 Å². The molecule has 4 rings (SSSR count). The molecule has 3 aromatic heterocycles. The summed E-state index contributed by atoms with van der Waals surface area (Å²) < 4.78 is 62.4. The lowest BCUT2D eigenvalue weighted by molar-refractivity contribution is 0.147. The number of H-pyrrole nitrogens is 1. The van der Waals surface area contributed by atoms with Crippen LogP contribution in [-0.4, -0.2) is 42.5 Å². The molecule has 0 aliphatic heterocycles. The van der Waals surface area contributed by atoms with E-state index in [1.807, 2.05) is 13.8 Å². The number of halogens is 4. The van der Waals surface area contributed by atoms with Gasteiger partial charge in [0.05, 0.1) is 28.2 Å². The van der Waals surface area contributed by atoms with E-state index >= 15 is 0 Å². The van der Waals surface area contributed by atoms with Gasteiger partial charge in [0.15, 0.2) is 11.0 Å². The molecule has 0 aliphatic rings. The average Bonchev–Trinajstić information content (AvgIpc) is 3.45. The van der Waals surface area contributed by atoms with E-state index in [1.54, 1.807) is 12.1 Å². The van der Waals surface area contributed by atoms with Crippen LogP contribution >= 0.6 is 11.6 Å². The summed E-state index contributed by atoms with van der Waals surface area (Å²) in [6, 6.07) is 4.45. The van der Waals surface area contributed by atoms with E-state index in [1.165, 1.54) is 30.3 Å². The molecule has 0 bridgehead atoms. The molecular weight excluding hydrogens is 505 g/mol. The van der Waals surface area contributed by atoms with Crippen molar-refractivity contribution in [1.29, 1.82) is 0 Å². The van der Waals surface area contributed by atoms with Gasteiger partial charge in [-0.3, -0.25) is 4.72 Å². The van der Waals surface area contributed by atoms with E-state index in [0.717, 1.165) is 0 Å².